The van der Waals surface area contributed by atoms with Crippen molar-refractivity contribution in [1.82, 2.24) is 0 Å². The van der Waals surface area contributed by atoms with Crippen molar-refractivity contribution in [2.75, 3.05) is 13.2 Å². The van der Waals surface area contributed by atoms with Gasteiger partial charge in [0.1, 0.15) is 45.2 Å². The van der Waals surface area contributed by atoms with Gasteiger partial charge in [0.15, 0.2) is 0 Å². The zero-order valence-electron chi connectivity index (χ0n) is 16.3. The van der Waals surface area contributed by atoms with Crippen LogP contribution >= 0.6 is 46.4 Å². The Morgan fingerprint density at radius 1 is 0.828 bits per heavy atom. The molecule has 0 bridgehead atoms. The fourth-order valence-corrected chi connectivity index (χ4v) is 2.77. The van der Waals surface area contributed by atoms with Crippen LogP contribution in [0.25, 0.3) is 0 Å². The first-order chi connectivity index (χ1) is 13.8. The maximum absolute atomic E-state index is 6.08. The Morgan fingerprint density at radius 3 is 2.00 bits per heavy atom. The summed E-state index contributed by atoms with van der Waals surface area (Å²) in [6.45, 7) is 6.73. The predicted molar refractivity (Wildman–Crippen MR) is 122 cm³/mol. The Morgan fingerprint density at radius 2 is 1.41 bits per heavy atom. The summed E-state index contributed by atoms with van der Waals surface area (Å²) in [6, 6.07) is 11.3. The van der Waals surface area contributed by atoms with Crippen molar-refractivity contribution in [3.8, 4) is 23.0 Å². The summed E-state index contributed by atoms with van der Waals surface area (Å²) >= 11 is 22.4. The summed E-state index contributed by atoms with van der Waals surface area (Å²) in [7, 11) is 0. The molecule has 0 atom stereocenters. The fraction of sp³-hybridized carbons (Fsp3) is 0.273. The molecule has 0 spiro atoms. The molecule has 0 saturated carbocycles. The third kappa shape index (κ3) is 8.02. The first kappa shape index (κ1) is 23.8. The van der Waals surface area contributed by atoms with Gasteiger partial charge in [-0.05, 0) is 67.0 Å². The molecule has 0 aromatic heterocycles. The highest BCUT2D eigenvalue weighted by molar-refractivity contribution is 6.56. The van der Waals surface area contributed by atoms with E-state index < -0.39 is 0 Å². The van der Waals surface area contributed by atoms with Gasteiger partial charge in [-0.25, -0.2) is 0 Å². The van der Waals surface area contributed by atoms with Gasteiger partial charge in [0.05, 0.1) is 0 Å². The topological polar surface area (TPSA) is 27.7 Å². The third-order valence-electron chi connectivity index (χ3n) is 3.94. The molecule has 2 aromatic rings. The molecule has 0 heterocycles. The van der Waals surface area contributed by atoms with Crippen molar-refractivity contribution < 1.29 is 14.2 Å². The van der Waals surface area contributed by atoms with E-state index in [4.69, 9.17) is 60.6 Å². The van der Waals surface area contributed by atoms with Crippen molar-refractivity contribution in [3.63, 3.8) is 0 Å². The molecule has 2 aromatic carbocycles. The monoisotopic (exact) mass is 474 g/mol. The third-order valence-corrected chi connectivity index (χ3v) is 4.56. The Hall–Kier alpha value is -1.52. The maximum atomic E-state index is 6.08. The number of benzene rings is 2. The SMILES string of the molecule is Cc1cc(OCC=C(Cl)Cl)ccc1Oc1ccc(OCC=C(Cl)Cl)c(C(C)C)c1. The second-order valence-corrected chi connectivity index (χ2v) is 8.51. The van der Waals surface area contributed by atoms with Gasteiger partial charge in [0, 0.05) is 5.56 Å². The zero-order chi connectivity index (χ0) is 21.4. The predicted octanol–water partition coefficient (Wildman–Crippen LogP) is 8.31. The lowest BCUT2D eigenvalue weighted by Gasteiger charge is -2.16. The van der Waals surface area contributed by atoms with Gasteiger partial charge in [-0.1, -0.05) is 60.3 Å². The fourth-order valence-electron chi connectivity index (χ4n) is 2.52. The van der Waals surface area contributed by atoms with Gasteiger partial charge in [-0.15, -0.1) is 0 Å². The van der Waals surface area contributed by atoms with Gasteiger partial charge in [-0.3, -0.25) is 0 Å². The van der Waals surface area contributed by atoms with E-state index in [0.717, 1.165) is 28.4 Å². The number of halogens is 4. The average Bonchev–Trinajstić information content (AvgIpc) is 2.64. The van der Waals surface area contributed by atoms with E-state index in [1.54, 1.807) is 12.2 Å². The molecule has 0 unspecified atom stereocenters. The first-order valence-corrected chi connectivity index (χ1v) is 10.5. The van der Waals surface area contributed by atoms with Crippen molar-refractivity contribution in [1.29, 1.82) is 0 Å². The van der Waals surface area contributed by atoms with Gasteiger partial charge < -0.3 is 14.2 Å². The molecule has 0 fully saturated rings. The standard InChI is InChI=1S/C22H22Cl4O3/c1-14(2)18-13-17(5-7-20(18)28-11-9-22(25)26)29-19-6-4-16(12-15(19)3)27-10-8-21(23)24/h4-9,12-14H,10-11H2,1-3H3. The second-order valence-electron chi connectivity index (χ2n) is 6.49. The summed E-state index contributed by atoms with van der Waals surface area (Å²) in [4.78, 5) is 0. The van der Waals surface area contributed by atoms with E-state index in [0.29, 0.717) is 19.0 Å². The number of aryl methyl sites for hydroxylation is 1. The number of rotatable bonds is 9. The number of hydrogen-bond donors (Lipinski definition) is 0. The van der Waals surface area contributed by atoms with Gasteiger partial charge in [0.2, 0.25) is 0 Å². The van der Waals surface area contributed by atoms with Gasteiger partial charge in [0.25, 0.3) is 0 Å². The lowest BCUT2D eigenvalue weighted by Crippen LogP contribution is -2.00. The number of hydrogen-bond acceptors (Lipinski definition) is 3. The summed E-state index contributed by atoms with van der Waals surface area (Å²) in [5.41, 5.74) is 1.97. The Bertz CT molecular complexity index is 884. The summed E-state index contributed by atoms with van der Waals surface area (Å²) < 4.78 is 17.8. The number of ether oxygens (including phenoxy) is 3. The minimum Gasteiger partial charge on any atom is -0.489 e. The van der Waals surface area contributed by atoms with Crippen LogP contribution in [-0.2, 0) is 0 Å². The maximum Gasteiger partial charge on any atom is 0.130 e. The normalized spacial score (nSPS) is 10.5. The first-order valence-electron chi connectivity index (χ1n) is 8.96. The molecule has 7 heteroatoms. The highest BCUT2D eigenvalue weighted by Crippen LogP contribution is 2.34. The second kappa shape index (κ2) is 11.6. The van der Waals surface area contributed by atoms with Crippen molar-refractivity contribution in [2.24, 2.45) is 0 Å². The summed E-state index contributed by atoms with van der Waals surface area (Å²) in [5.74, 6) is 3.19. The molecule has 0 aliphatic carbocycles. The Kier molecular flexibility index (Phi) is 9.51. The molecule has 0 amide bonds. The van der Waals surface area contributed by atoms with Gasteiger partial charge in [-0.2, -0.15) is 0 Å². The molecule has 0 N–H and O–H groups in total. The van der Waals surface area contributed by atoms with E-state index in [-0.39, 0.29) is 14.9 Å². The lowest BCUT2D eigenvalue weighted by molar-refractivity contribution is 0.356. The molecule has 0 radical (unpaired) electrons. The molecule has 29 heavy (non-hydrogen) atoms. The van der Waals surface area contributed by atoms with Crippen molar-refractivity contribution in [3.05, 3.63) is 68.7 Å². The summed E-state index contributed by atoms with van der Waals surface area (Å²) in [6.07, 6.45) is 3.18. The van der Waals surface area contributed by atoms with E-state index in [9.17, 15) is 0 Å². The molecule has 0 aliphatic rings. The largest absolute Gasteiger partial charge is 0.489 e. The molecule has 156 valence electrons. The van der Waals surface area contributed by atoms with Crippen LogP contribution in [0.5, 0.6) is 23.0 Å². The van der Waals surface area contributed by atoms with E-state index in [2.05, 4.69) is 13.8 Å². The van der Waals surface area contributed by atoms with Crippen molar-refractivity contribution >= 4 is 46.4 Å². The lowest BCUT2D eigenvalue weighted by atomic mass is 10.0. The molecule has 3 nitrogen and oxygen atoms in total. The van der Waals surface area contributed by atoms with Crippen LogP contribution in [0.3, 0.4) is 0 Å². The molecule has 0 aliphatic heterocycles. The van der Waals surface area contributed by atoms with Gasteiger partial charge >= 0.3 is 0 Å². The smallest absolute Gasteiger partial charge is 0.130 e. The summed E-state index contributed by atoms with van der Waals surface area (Å²) in [5, 5.41) is 0. The van der Waals surface area contributed by atoms with Crippen LogP contribution in [0.4, 0.5) is 0 Å². The van der Waals surface area contributed by atoms with Crippen LogP contribution < -0.4 is 14.2 Å². The average molecular weight is 476 g/mol. The Labute approximate surface area is 191 Å². The molecule has 2 rings (SSSR count). The quantitative estimate of drug-likeness (QED) is 0.364. The highest BCUT2D eigenvalue weighted by atomic mass is 35.5. The zero-order valence-corrected chi connectivity index (χ0v) is 19.4. The Balaban J connectivity index is 2.13. The van der Waals surface area contributed by atoms with E-state index in [1.165, 1.54) is 0 Å². The van der Waals surface area contributed by atoms with E-state index >= 15 is 0 Å². The van der Waals surface area contributed by atoms with E-state index in [1.807, 2.05) is 43.3 Å². The van der Waals surface area contributed by atoms with Crippen molar-refractivity contribution in [2.45, 2.75) is 26.7 Å². The van der Waals surface area contributed by atoms with Crippen LogP contribution in [0.2, 0.25) is 0 Å². The van der Waals surface area contributed by atoms with Crippen LogP contribution in [0.1, 0.15) is 30.9 Å². The molecular formula is C22H22Cl4O3. The highest BCUT2D eigenvalue weighted by Gasteiger charge is 2.11. The van der Waals surface area contributed by atoms with Crippen LogP contribution in [0.15, 0.2) is 57.5 Å². The minimum absolute atomic E-state index is 0.178. The minimum atomic E-state index is 0.178. The molecular weight excluding hydrogens is 454 g/mol. The van der Waals surface area contributed by atoms with Crippen LogP contribution in [0, 0.1) is 6.92 Å². The molecule has 0 saturated heterocycles. The van der Waals surface area contributed by atoms with Crippen LogP contribution in [-0.4, -0.2) is 13.2 Å².